The number of hydrogen-bond acceptors (Lipinski definition) is 10. The molecular weight excluding hydrogens is 558 g/mol. The van der Waals surface area contributed by atoms with Crippen LogP contribution in [0.3, 0.4) is 0 Å². The van der Waals surface area contributed by atoms with Gasteiger partial charge in [0.15, 0.2) is 5.01 Å². The van der Waals surface area contributed by atoms with Crippen LogP contribution in [0.25, 0.3) is 16.4 Å². The van der Waals surface area contributed by atoms with Crippen LogP contribution in [0, 0.1) is 13.8 Å². The van der Waals surface area contributed by atoms with E-state index in [9.17, 15) is 25.9 Å². The molecule has 1 aromatic carbocycles. The topological polar surface area (TPSA) is 136 Å². The van der Waals surface area contributed by atoms with Gasteiger partial charge in [0.05, 0.1) is 56.6 Å². The van der Waals surface area contributed by atoms with Gasteiger partial charge in [0.1, 0.15) is 22.7 Å². The van der Waals surface area contributed by atoms with Gasteiger partial charge in [-0.3, -0.25) is 0 Å². The molecule has 36 heavy (non-hydrogen) atoms. The number of aryl methyl sites for hydroxylation is 3. The Hall–Kier alpha value is -1.10. The Bertz CT molecular complexity index is 1560. The van der Waals surface area contributed by atoms with E-state index >= 15 is 0 Å². The molecule has 0 saturated heterocycles. The maximum absolute atomic E-state index is 11.4. The maximum atomic E-state index is 11.4. The molecule has 2 aromatic heterocycles. The van der Waals surface area contributed by atoms with Gasteiger partial charge >= 0.3 is 35.2 Å². The van der Waals surface area contributed by atoms with Gasteiger partial charge in [-0.1, -0.05) is 23.1 Å². The first-order valence-corrected chi connectivity index (χ1v) is 15.3. The van der Waals surface area contributed by atoms with Crippen LogP contribution in [0.2, 0.25) is 0 Å². The molecule has 0 amide bonds. The Morgan fingerprint density at radius 3 is 2.39 bits per heavy atom. The Labute approximate surface area is 240 Å². The molecule has 1 aliphatic rings. The number of methoxy groups -OCH3 is 1. The normalized spacial score (nSPS) is 14.9. The molecule has 3 aromatic rings. The van der Waals surface area contributed by atoms with Crippen LogP contribution in [0.4, 0.5) is 5.69 Å². The minimum Gasteiger partial charge on any atom is -0.748 e. The first-order valence-electron chi connectivity index (χ1n) is 10.5. The number of nitrogens with zero attached hydrogens (tertiary/aromatic N) is 3. The summed E-state index contributed by atoms with van der Waals surface area (Å²) in [5.74, 6) is -0.559. The molecule has 0 aliphatic carbocycles. The number of rotatable bonds is 8. The van der Waals surface area contributed by atoms with Crippen LogP contribution in [0.15, 0.2) is 28.1 Å². The van der Waals surface area contributed by atoms with Gasteiger partial charge in [-0.05, 0) is 26.0 Å². The van der Waals surface area contributed by atoms with Crippen LogP contribution < -0.4 is 43.8 Å². The van der Waals surface area contributed by atoms with Crippen molar-refractivity contribution in [2.24, 2.45) is 7.05 Å². The number of thiazole rings is 1. The van der Waals surface area contributed by atoms with E-state index in [2.05, 4.69) is 0 Å². The van der Waals surface area contributed by atoms with Crippen LogP contribution in [0.5, 0.6) is 5.75 Å². The van der Waals surface area contributed by atoms with Crippen molar-refractivity contribution in [2.75, 3.05) is 30.1 Å². The van der Waals surface area contributed by atoms with Gasteiger partial charge in [-0.2, -0.15) is 0 Å². The summed E-state index contributed by atoms with van der Waals surface area (Å²) in [6, 6.07) is 5.42. The van der Waals surface area contributed by atoms with E-state index in [1.54, 1.807) is 21.6 Å². The van der Waals surface area contributed by atoms with Gasteiger partial charge in [-0.25, -0.2) is 26.0 Å². The average molecular weight is 582 g/mol. The summed E-state index contributed by atoms with van der Waals surface area (Å²) in [5.41, 5.74) is 3.60. The minimum absolute atomic E-state index is 0. The smallest absolute Gasteiger partial charge is 0.748 e. The van der Waals surface area contributed by atoms with Gasteiger partial charge in [-0.15, -0.1) is 0 Å². The monoisotopic (exact) mass is 581 g/mol. The molecule has 0 radical (unpaired) electrons. The second-order valence-electron chi connectivity index (χ2n) is 8.11. The fourth-order valence-corrected chi connectivity index (χ4v) is 7.27. The SMILES string of the molecule is COc1ccc2c(c1)N(CCS(=O)(=O)[O-])C(=Cc1sc3c(C)c(C)n(C)c3[n+]1CCS(=O)(=O)[O-])S2.[Na+]. The average Bonchev–Trinajstić information content (AvgIpc) is 3.36. The first kappa shape index (κ1) is 29.5. The van der Waals surface area contributed by atoms with Gasteiger partial charge in [0, 0.05) is 29.1 Å². The summed E-state index contributed by atoms with van der Waals surface area (Å²) < 4.78 is 78.5. The molecule has 0 saturated carbocycles. The maximum Gasteiger partial charge on any atom is 1.00 e. The fourth-order valence-electron chi connectivity index (χ4n) is 3.97. The van der Waals surface area contributed by atoms with Crippen molar-refractivity contribution in [1.82, 2.24) is 4.57 Å². The zero-order valence-electron chi connectivity index (χ0n) is 20.5. The second-order valence-corrected chi connectivity index (χ2v) is 13.2. The fraction of sp³-hybridized carbons (Fsp3) is 0.381. The Morgan fingerprint density at radius 1 is 1.11 bits per heavy atom. The van der Waals surface area contributed by atoms with Crippen LogP contribution in [-0.2, 0) is 33.8 Å². The van der Waals surface area contributed by atoms with Crippen LogP contribution >= 0.6 is 23.1 Å². The third kappa shape index (κ3) is 6.13. The minimum atomic E-state index is -4.45. The van der Waals surface area contributed by atoms with Crippen molar-refractivity contribution < 1.29 is 64.8 Å². The molecule has 190 valence electrons. The van der Waals surface area contributed by atoms with Crippen molar-refractivity contribution in [3.63, 3.8) is 0 Å². The zero-order valence-corrected chi connectivity index (χ0v) is 25.7. The van der Waals surface area contributed by atoms with Gasteiger partial charge in [0.25, 0.3) is 0 Å². The van der Waals surface area contributed by atoms with Crippen LogP contribution in [-0.4, -0.2) is 55.7 Å². The van der Waals surface area contributed by atoms with Crippen molar-refractivity contribution in [1.29, 1.82) is 0 Å². The number of aromatic nitrogens is 2. The van der Waals surface area contributed by atoms with Crippen molar-refractivity contribution >= 4 is 65.4 Å². The third-order valence-corrected chi connectivity index (χ3v) is 9.67. The molecule has 0 fully saturated rings. The number of fused-ring (bicyclic) bond motifs is 2. The largest absolute Gasteiger partial charge is 1.00 e. The Kier molecular flexibility index (Phi) is 8.96. The summed E-state index contributed by atoms with van der Waals surface area (Å²) in [7, 11) is -5.48. The molecule has 0 spiro atoms. The number of hydrogen-bond donors (Lipinski definition) is 0. The number of anilines is 1. The Balaban J connectivity index is 0.00000361. The van der Waals surface area contributed by atoms with E-state index < -0.39 is 31.7 Å². The van der Waals surface area contributed by atoms with E-state index in [1.807, 2.05) is 37.6 Å². The molecule has 10 nitrogen and oxygen atoms in total. The van der Waals surface area contributed by atoms with Gasteiger partial charge in [0.2, 0.25) is 0 Å². The predicted octanol–water partition coefficient (Wildman–Crippen LogP) is -0.842. The molecule has 0 N–H and O–H groups in total. The summed E-state index contributed by atoms with van der Waals surface area (Å²) in [6.45, 7) is 3.87. The Morgan fingerprint density at radius 2 is 1.78 bits per heavy atom. The van der Waals surface area contributed by atoms with E-state index in [-0.39, 0.29) is 42.6 Å². The molecule has 0 unspecified atom stereocenters. The standard InChI is InChI=1S/C21H25N3O7S4.Na/c1-13-14(2)22(3)21-20(13)33-19(24(21)8-10-35(28,29)30)12-18-23(7-9-34(25,26)27)16-11-15(31-4)5-6-17(16)32-18;/h5-6,11-12H,7-10H2,1-4H3,(H-,25,26,27,28,29,30);/q;+1/p-1. The quantitative estimate of drug-likeness (QED) is 0.189. The number of benzene rings is 1. The van der Waals surface area contributed by atoms with Crippen LogP contribution in [0.1, 0.15) is 16.3 Å². The third-order valence-electron chi connectivity index (χ3n) is 5.95. The summed E-state index contributed by atoms with van der Waals surface area (Å²) in [5, 5.41) is 1.38. The van der Waals surface area contributed by atoms with E-state index in [0.29, 0.717) is 21.5 Å². The molecule has 0 bridgehead atoms. The van der Waals surface area contributed by atoms with Crippen molar-refractivity contribution in [3.8, 4) is 5.75 Å². The molecule has 15 heteroatoms. The molecular formula is C21H24N3NaO7S4. The van der Waals surface area contributed by atoms with E-state index in [0.717, 1.165) is 26.5 Å². The first-order chi connectivity index (χ1) is 16.3. The van der Waals surface area contributed by atoms with Crippen molar-refractivity contribution in [3.05, 3.63) is 39.5 Å². The van der Waals surface area contributed by atoms with Crippen molar-refractivity contribution in [2.45, 2.75) is 25.3 Å². The summed E-state index contributed by atoms with van der Waals surface area (Å²) in [6.07, 6.45) is 1.84. The molecule has 1 aliphatic heterocycles. The number of ether oxygens (including phenoxy) is 1. The molecule has 4 rings (SSSR count). The summed E-state index contributed by atoms with van der Waals surface area (Å²) >= 11 is 2.87. The molecule has 0 atom stereocenters. The van der Waals surface area contributed by atoms with E-state index in [4.69, 9.17) is 4.74 Å². The number of thioether (sulfide) groups is 1. The van der Waals surface area contributed by atoms with Gasteiger partial charge < -0.3 is 18.7 Å². The predicted molar refractivity (Wildman–Crippen MR) is 134 cm³/mol. The second kappa shape index (κ2) is 10.9. The zero-order chi connectivity index (χ0) is 25.7. The molecule has 3 heterocycles. The van der Waals surface area contributed by atoms with E-state index in [1.165, 1.54) is 30.2 Å². The summed E-state index contributed by atoms with van der Waals surface area (Å²) in [4.78, 5) is 2.61.